The second-order valence-electron chi connectivity index (χ2n) is 7.07. The molecule has 0 bridgehead atoms. The molecule has 0 aromatic heterocycles. The third-order valence-corrected chi connectivity index (χ3v) is 4.96. The molecule has 162 valence electrons. The average Bonchev–Trinajstić information content (AvgIpc) is 2.78. The lowest BCUT2D eigenvalue weighted by Crippen LogP contribution is -2.18. The van der Waals surface area contributed by atoms with Crippen LogP contribution in [0.4, 0.5) is 0 Å². The van der Waals surface area contributed by atoms with Crippen LogP contribution in [0.25, 0.3) is 11.6 Å². The molecule has 3 aromatic rings. The first kappa shape index (κ1) is 22.9. The second kappa shape index (κ2) is 10.5. The molecule has 5 nitrogen and oxygen atoms in total. The van der Waals surface area contributed by atoms with E-state index in [2.05, 4.69) is 6.07 Å². The Kier molecular flexibility index (Phi) is 7.54. The molecule has 3 aromatic carbocycles. The predicted octanol–water partition coefficient (Wildman–Crippen LogP) is 6.01. The zero-order chi connectivity index (χ0) is 23.1. The highest BCUT2D eigenvalue weighted by molar-refractivity contribution is 6.30. The van der Waals surface area contributed by atoms with Crippen LogP contribution >= 0.6 is 11.6 Å². The number of hydrogen-bond acceptors (Lipinski definition) is 5. The maximum atomic E-state index is 12.3. The Morgan fingerprint density at radius 3 is 2.41 bits per heavy atom. The molecule has 0 N–H and O–H groups in total. The smallest absolute Gasteiger partial charge is 0.349 e. The Morgan fingerprint density at radius 1 is 1.03 bits per heavy atom. The van der Waals surface area contributed by atoms with Crippen molar-refractivity contribution in [3.05, 3.63) is 87.9 Å². The number of ether oxygens (including phenoxy) is 3. The molecule has 0 radical (unpaired) electrons. The van der Waals surface area contributed by atoms with Crippen molar-refractivity contribution in [3.8, 4) is 23.3 Å². The van der Waals surface area contributed by atoms with Gasteiger partial charge in [0.05, 0.1) is 18.8 Å². The quantitative estimate of drug-likeness (QED) is 0.192. The Bertz CT molecular complexity index is 1190. The molecule has 0 aliphatic heterocycles. The van der Waals surface area contributed by atoms with Crippen molar-refractivity contribution in [3.63, 3.8) is 0 Å². The van der Waals surface area contributed by atoms with Gasteiger partial charge in [-0.1, -0.05) is 48.0 Å². The largest absolute Gasteiger partial charge is 0.493 e. The number of nitrogens with zero attached hydrogens (tertiary/aromatic N) is 1. The minimum atomic E-state index is -0.550. The van der Waals surface area contributed by atoms with Crippen LogP contribution in [0.2, 0.25) is 5.02 Å². The van der Waals surface area contributed by atoms with Gasteiger partial charge in [0.15, 0.2) is 18.1 Å². The molecular formula is C26H22ClNO4. The van der Waals surface area contributed by atoms with E-state index in [-0.39, 0.29) is 12.4 Å². The summed E-state index contributed by atoms with van der Waals surface area (Å²) in [6, 6.07) is 20.1. The molecule has 0 fully saturated rings. The average molecular weight is 448 g/mol. The van der Waals surface area contributed by atoms with Gasteiger partial charge in [-0.05, 0) is 66.4 Å². The number of halogens is 1. The number of hydrogen-bond donors (Lipinski definition) is 0. The maximum absolute atomic E-state index is 12.3. The van der Waals surface area contributed by atoms with Gasteiger partial charge >= 0.3 is 5.97 Å². The summed E-state index contributed by atoms with van der Waals surface area (Å²) in [6.45, 7) is 3.60. The molecule has 32 heavy (non-hydrogen) atoms. The van der Waals surface area contributed by atoms with Crippen molar-refractivity contribution in [2.45, 2.75) is 13.8 Å². The van der Waals surface area contributed by atoms with Crippen LogP contribution in [-0.2, 0) is 4.79 Å². The fourth-order valence-corrected chi connectivity index (χ4v) is 3.36. The van der Waals surface area contributed by atoms with Gasteiger partial charge in [-0.2, -0.15) is 5.26 Å². The number of nitriles is 1. The number of aryl methyl sites for hydroxylation is 2. The number of para-hydroxylation sites is 1. The summed E-state index contributed by atoms with van der Waals surface area (Å²) in [5.41, 5.74) is 3.75. The van der Waals surface area contributed by atoms with Crippen molar-refractivity contribution in [1.29, 1.82) is 5.26 Å². The van der Waals surface area contributed by atoms with Gasteiger partial charge in [0, 0.05) is 5.02 Å². The number of carbonyl (C=O) groups is 1. The molecule has 0 atom stereocenters. The number of allylic oxidation sites excluding steroid dienone is 1. The van der Waals surface area contributed by atoms with Crippen molar-refractivity contribution in [2.75, 3.05) is 13.7 Å². The van der Waals surface area contributed by atoms with Crippen LogP contribution in [0.5, 0.6) is 17.2 Å². The van der Waals surface area contributed by atoms with Gasteiger partial charge in [-0.3, -0.25) is 0 Å². The molecular weight excluding hydrogens is 426 g/mol. The first-order chi connectivity index (χ1) is 15.4. The summed E-state index contributed by atoms with van der Waals surface area (Å²) in [5, 5.41) is 10.1. The third kappa shape index (κ3) is 5.69. The zero-order valence-electron chi connectivity index (χ0n) is 18.0. The summed E-state index contributed by atoms with van der Waals surface area (Å²) >= 11 is 6.03. The number of carbonyl (C=O) groups excluding carboxylic acids is 1. The van der Waals surface area contributed by atoms with Crippen molar-refractivity contribution in [1.82, 2.24) is 0 Å². The van der Waals surface area contributed by atoms with Gasteiger partial charge in [0.2, 0.25) is 0 Å². The lowest BCUT2D eigenvalue weighted by molar-refractivity contribution is -0.136. The molecule has 0 spiro atoms. The van der Waals surface area contributed by atoms with Crippen molar-refractivity contribution >= 4 is 29.2 Å². The van der Waals surface area contributed by atoms with E-state index >= 15 is 0 Å². The van der Waals surface area contributed by atoms with Crippen LogP contribution in [-0.4, -0.2) is 19.7 Å². The van der Waals surface area contributed by atoms with E-state index in [4.69, 9.17) is 25.8 Å². The van der Waals surface area contributed by atoms with Crippen molar-refractivity contribution in [2.24, 2.45) is 0 Å². The van der Waals surface area contributed by atoms with Gasteiger partial charge in [0.25, 0.3) is 0 Å². The summed E-state index contributed by atoms with van der Waals surface area (Å²) in [5.74, 6) is 0.747. The standard InChI is InChI=1S/C26H22ClNO4/c1-17-6-4-7-18(2)26(17)31-16-25(29)32-23-11-10-19(13-24(23)30-3)12-21(15-28)20-8-5-9-22(27)14-20/h4-14H,16H2,1-3H3/b21-12-. The SMILES string of the molecule is COc1cc(/C=C(/C#N)c2cccc(Cl)c2)ccc1OC(=O)COc1c(C)cccc1C. The van der Waals surface area contributed by atoms with Gasteiger partial charge in [-0.25, -0.2) is 4.79 Å². The van der Waals surface area contributed by atoms with E-state index in [1.807, 2.05) is 38.1 Å². The number of methoxy groups -OCH3 is 1. The summed E-state index contributed by atoms with van der Waals surface area (Å²) in [6.07, 6.45) is 1.71. The lowest BCUT2D eigenvalue weighted by atomic mass is 10.0. The summed E-state index contributed by atoms with van der Waals surface area (Å²) in [4.78, 5) is 12.3. The van der Waals surface area contributed by atoms with Gasteiger partial charge in [0.1, 0.15) is 5.75 Å². The monoisotopic (exact) mass is 447 g/mol. The van der Waals surface area contributed by atoms with Gasteiger partial charge in [-0.15, -0.1) is 0 Å². The normalized spacial score (nSPS) is 10.9. The minimum absolute atomic E-state index is 0.232. The Balaban J connectivity index is 1.75. The fraction of sp³-hybridized carbons (Fsp3) is 0.154. The molecule has 0 amide bonds. The molecule has 0 heterocycles. The van der Waals surface area contributed by atoms with E-state index < -0.39 is 5.97 Å². The van der Waals surface area contributed by atoms with E-state index in [1.54, 1.807) is 42.5 Å². The Labute approximate surface area is 192 Å². The summed E-state index contributed by atoms with van der Waals surface area (Å²) in [7, 11) is 1.48. The van der Waals surface area contributed by atoms with E-state index in [0.717, 1.165) is 11.1 Å². The van der Waals surface area contributed by atoms with Crippen molar-refractivity contribution < 1.29 is 19.0 Å². The Morgan fingerprint density at radius 2 is 1.75 bits per heavy atom. The zero-order valence-corrected chi connectivity index (χ0v) is 18.8. The maximum Gasteiger partial charge on any atom is 0.349 e. The Hall–Kier alpha value is -3.75. The lowest BCUT2D eigenvalue weighted by Gasteiger charge is -2.13. The highest BCUT2D eigenvalue weighted by Gasteiger charge is 2.13. The number of rotatable bonds is 7. The first-order valence-corrected chi connectivity index (χ1v) is 10.2. The highest BCUT2D eigenvalue weighted by atomic mass is 35.5. The van der Waals surface area contributed by atoms with Crippen LogP contribution in [0.1, 0.15) is 22.3 Å². The molecule has 0 aliphatic rings. The fourth-order valence-electron chi connectivity index (χ4n) is 3.17. The number of esters is 1. The first-order valence-electron chi connectivity index (χ1n) is 9.86. The van der Waals surface area contributed by atoms with Gasteiger partial charge < -0.3 is 14.2 Å². The molecule has 0 unspecified atom stereocenters. The number of benzene rings is 3. The van der Waals surface area contributed by atoms with Crippen LogP contribution in [0.3, 0.4) is 0 Å². The summed E-state index contributed by atoms with van der Waals surface area (Å²) < 4.78 is 16.5. The van der Waals surface area contributed by atoms with Crippen LogP contribution in [0.15, 0.2) is 60.7 Å². The van der Waals surface area contributed by atoms with E-state index in [0.29, 0.717) is 33.2 Å². The second-order valence-corrected chi connectivity index (χ2v) is 7.51. The molecule has 0 saturated heterocycles. The molecule has 0 aliphatic carbocycles. The molecule has 6 heteroatoms. The molecule has 3 rings (SSSR count). The third-order valence-electron chi connectivity index (χ3n) is 4.72. The minimum Gasteiger partial charge on any atom is -0.493 e. The van der Waals surface area contributed by atoms with E-state index in [9.17, 15) is 10.1 Å². The highest BCUT2D eigenvalue weighted by Crippen LogP contribution is 2.30. The van der Waals surface area contributed by atoms with Crippen LogP contribution < -0.4 is 14.2 Å². The molecule has 0 saturated carbocycles. The predicted molar refractivity (Wildman–Crippen MR) is 125 cm³/mol. The topological polar surface area (TPSA) is 68.5 Å². The van der Waals surface area contributed by atoms with E-state index in [1.165, 1.54) is 7.11 Å². The van der Waals surface area contributed by atoms with Crippen LogP contribution in [0, 0.1) is 25.2 Å².